The number of rotatable bonds is 3. The lowest BCUT2D eigenvalue weighted by Crippen LogP contribution is -2.47. The van der Waals surface area contributed by atoms with E-state index < -0.39 is 11.2 Å². The molecule has 6 heteroatoms. The van der Waals surface area contributed by atoms with Gasteiger partial charge in [-0.25, -0.2) is 4.79 Å². The average molecular weight is 356 g/mol. The summed E-state index contributed by atoms with van der Waals surface area (Å²) in [5.41, 5.74) is 0.0445. The summed E-state index contributed by atoms with van der Waals surface area (Å²) in [4.78, 5) is 13.8. The largest absolute Gasteiger partial charge is 0.444 e. The van der Waals surface area contributed by atoms with Crippen molar-refractivity contribution in [1.29, 1.82) is 0 Å². The van der Waals surface area contributed by atoms with E-state index in [1.807, 2.05) is 26.8 Å². The van der Waals surface area contributed by atoms with Crippen LogP contribution in [-0.2, 0) is 16.8 Å². The highest BCUT2D eigenvalue weighted by Crippen LogP contribution is 2.36. The Labute approximate surface area is 148 Å². The summed E-state index contributed by atoms with van der Waals surface area (Å²) >= 11 is 6.09. The summed E-state index contributed by atoms with van der Waals surface area (Å²) in [5, 5.41) is 20.9. The summed E-state index contributed by atoms with van der Waals surface area (Å²) in [6.07, 6.45) is 0.923. The Morgan fingerprint density at radius 1 is 1.33 bits per heavy atom. The Kier molecular flexibility index (Phi) is 5.78. The predicted octanol–water partition coefficient (Wildman–Crippen LogP) is 3.09. The normalized spacial score (nSPS) is 17.7. The van der Waals surface area contributed by atoms with Crippen LogP contribution in [0.2, 0.25) is 5.02 Å². The van der Waals surface area contributed by atoms with Crippen molar-refractivity contribution in [2.45, 2.75) is 51.2 Å². The van der Waals surface area contributed by atoms with Gasteiger partial charge in [0.2, 0.25) is 0 Å². The fourth-order valence-electron chi connectivity index (χ4n) is 2.98. The Bertz CT molecular complexity index is 589. The summed E-state index contributed by atoms with van der Waals surface area (Å²) in [6.45, 7) is 6.33. The molecule has 2 rings (SSSR count). The summed E-state index contributed by atoms with van der Waals surface area (Å²) in [5.74, 6) is 0. The molecule has 2 N–H and O–H groups in total. The molecular formula is C18H26ClNO4. The average Bonchev–Trinajstić information content (AvgIpc) is 2.48. The van der Waals surface area contributed by atoms with Gasteiger partial charge in [-0.15, -0.1) is 0 Å². The molecule has 0 atom stereocenters. The molecule has 1 saturated heterocycles. The van der Waals surface area contributed by atoms with Crippen LogP contribution in [0.15, 0.2) is 18.2 Å². The highest BCUT2D eigenvalue weighted by molar-refractivity contribution is 6.30. The third kappa shape index (κ3) is 4.62. The monoisotopic (exact) mass is 355 g/mol. The summed E-state index contributed by atoms with van der Waals surface area (Å²) in [7, 11) is 0. The number of benzene rings is 1. The van der Waals surface area contributed by atoms with Crippen LogP contribution in [0.5, 0.6) is 0 Å². The molecule has 1 aliphatic heterocycles. The van der Waals surface area contributed by atoms with Crippen molar-refractivity contribution in [3.8, 4) is 0 Å². The highest BCUT2D eigenvalue weighted by atomic mass is 35.5. The number of hydrogen-bond acceptors (Lipinski definition) is 4. The standard InChI is InChI=1S/C18H26ClNO4/c1-17(2,3)24-16(22)20-9-7-18(23,8-10-20)15-12-14(19)5-4-13(15)6-11-21/h4-5,12,21,23H,6-11H2,1-3H3. The molecule has 24 heavy (non-hydrogen) atoms. The van der Waals surface area contributed by atoms with E-state index >= 15 is 0 Å². The molecule has 0 aliphatic carbocycles. The Hall–Kier alpha value is -1.30. The van der Waals surface area contributed by atoms with Crippen LogP contribution in [0.3, 0.4) is 0 Å². The lowest BCUT2D eigenvalue weighted by Gasteiger charge is -2.39. The molecule has 0 radical (unpaired) electrons. The smallest absolute Gasteiger partial charge is 0.410 e. The third-order valence-electron chi connectivity index (χ3n) is 4.20. The zero-order valence-corrected chi connectivity index (χ0v) is 15.3. The van der Waals surface area contributed by atoms with Gasteiger partial charge in [0.25, 0.3) is 0 Å². The number of nitrogens with zero attached hydrogens (tertiary/aromatic N) is 1. The number of piperidine rings is 1. The summed E-state index contributed by atoms with van der Waals surface area (Å²) in [6, 6.07) is 5.36. The van der Waals surface area contributed by atoms with Crippen LogP contribution in [0.25, 0.3) is 0 Å². The van der Waals surface area contributed by atoms with E-state index in [0.717, 1.165) is 11.1 Å². The molecule has 0 saturated carbocycles. The number of amides is 1. The second-order valence-electron chi connectivity index (χ2n) is 7.27. The van der Waals surface area contributed by atoms with Gasteiger partial charge < -0.3 is 19.8 Å². The van der Waals surface area contributed by atoms with E-state index in [1.54, 1.807) is 17.0 Å². The number of hydrogen-bond donors (Lipinski definition) is 2. The van der Waals surface area contributed by atoms with Crippen molar-refractivity contribution in [1.82, 2.24) is 4.90 Å². The number of aliphatic hydroxyl groups is 2. The molecule has 1 amide bonds. The molecule has 1 aromatic rings. The minimum absolute atomic E-state index is 0.00868. The number of ether oxygens (including phenoxy) is 1. The number of halogens is 1. The van der Waals surface area contributed by atoms with Gasteiger partial charge in [-0.05, 0) is 63.3 Å². The van der Waals surface area contributed by atoms with Crippen LogP contribution in [0, 0.1) is 0 Å². The van der Waals surface area contributed by atoms with Gasteiger partial charge in [-0.3, -0.25) is 0 Å². The lowest BCUT2D eigenvalue weighted by molar-refractivity contribution is -0.0361. The highest BCUT2D eigenvalue weighted by Gasteiger charge is 2.38. The van der Waals surface area contributed by atoms with Crippen LogP contribution in [0.1, 0.15) is 44.7 Å². The van der Waals surface area contributed by atoms with E-state index in [4.69, 9.17) is 16.3 Å². The van der Waals surface area contributed by atoms with E-state index in [9.17, 15) is 15.0 Å². The molecular weight excluding hydrogens is 330 g/mol. The molecule has 0 unspecified atom stereocenters. The quantitative estimate of drug-likeness (QED) is 0.874. The SMILES string of the molecule is CC(C)(C)OC(=O)N1CCC(O)(c2cc(Cl)ccc2CCO)CC1. The van der Waals surface area contributed by atoms with Crippen molar-refractivity contribution in [2.75, 3.05) is 19.7 Å². The zero-order valence-electron chi connectivity index (χ0n) is 14.5. The van der Waals surface area contributed by atoms with Gasteiger partial charge in [0.15, 0.2) is 0 Å². The van der Waals surface area contributed by atoms with Crippen molar-refractivity contribution in [3.63, 3.8) is 0 Å². The van der Waals surface area contributed by atoms with Gasteiger partial charge in [0, 0.05) is 24.7 Å². The van der Waals surface area contributed by atoms with Gasteiger partial charge in [0.1, 0.15) is 5.60 Å². The van der Waals surface area contributed by atoms with Crippen molar-refractivity contribution < 1.29 is 19.7 Å². The predicted molar refractivity (Wildman–Crippen MR) is 93.2 cm³/mol. The fraction of sp³-hybridized carbons (Fsp3) is 0.611. The molecule has 1 aliphatic rings. The Morgan fingerprint density at radius 2 is 1.96 bits per heavy atom. The van der Waals surface area contributed by atoms with E-state index in [2.05, 4.69) is 0 Å². The topological polar surface area (TPSA) is 70.0 Å². The first-order valence-corrected chi connectivity index (χ1v) is 8.62. The second-order valence-corrected chi connectivity index (χ2v) is 7.71. The molecule has 1 heterocycles. The van der Waals surface area contributed by atoms with Gasteiger partial charge in [-0.2, -0.15) is 0 Å². The van der Waals surface area contributed by atoms with Crippen molar-refractivity contribution in [2.24, 2.45) is 0 Å². The van der Waals surface area contributed by atoms with E-state index in [0.29, 0.717) is 37.4 Å². The third-order valence-corrected chi connectivity index (χ3v) is 4.43. The molecule has 1 fully saturated rings. The zero-order chi connectivity index (χ0) is 18.0. The second kappa shape index (κ2) is 7.30. The van der Waals surface area contributed by atoms with E-state index in [-0.39, 0.29) is 12.7 Å². The molecule has 0 bridgehead atoms. The van der Waals surface area contributed by atoms with Crippen LogP contribution < -0.4 is 0 Å². The Balaban J connectivity index is 2.12. The summed E-state index contributed by atoms with van der Waals surface area (Å²) < 4.78 is 5.38. The molecule has 134 valence electrons. The fourth-order valence-corrected chi connectivity index (χ4v) is 3.15. The number of likely N-dealkylation sites (tertiary alicyclic amines) is 1. The minimum atomic E-state index is -1.05. The van der Waals surface area contributed by atoms with Gasteiger partial charge in [0.05, 0.1) is 5.60 Å². The van der Waals surface area contributed by atoms with Gasteiger partial charge >= 0.3 is 6.09 Å². The molecule has 0 spiro atoms. The minimum Gasteiger partial charge on any atom is -0.444 e. The van der Waals surface area contributed by atoms with E-state index in [1.165, 1.54) is 0 Å². The maximum Gasteiger partial charge on any atom is 0.410 e. The molecule has 1 aromatic carbocycles. The Morgan fingerprint density at radius 3 is 2.50 bits per heavy atom. The molecule has 0 aromatic heterocycles. The number of carbonyl (C=O) groups excluding carboxylic acids is 1. The maximum atomic E-state index is 12.2. The van der Waals surface area contributed by atoms with Crippen molar-refractivity contribution >= 4 is 17.7 Å². The molecule has 5 nitrogen and oxygen atoms in total. The van der Waals surface area contributed by atoms with Crippen LogP contribution >= 0.6 is 11.6 Å². The number of aliphatic hydroxyl groups excluding tert-OH is 1. The first kappa shape index (κ1) is 19.0. The number of carbonyl (C=O) groups is 1. The first-order valence-electron chi connectivity index (χ1n) is 8.25. The lowest BCUT2D eigenvalue weighted by atomic mass is 9.81. The first-order chi connectivity index (χ1) is 11.1. The maximum absolute atomic E-state index is 12.2. The van der Waals surface area contributed by atoms with Crippen LogP contribution in [-0.4, -0.2) is 46.5 Å². The van der Waals surface area contributed by atoms with Crippen LogP contribution in [0.4, 0.5) is 4.79 Å². The van der Waals surface area contributed by atoms with Crippen molar-refractivity contribution in [3.05, 3.63) is 34.3 Å². The van der Waals surface area contributed by atoms with Gasteiger partial charge in [-0.1, -0.05) is 17.7 Å².